The molecule has 0 spiro atoms. The van der Waals surface area contributed by atoms with Gasteiger partial charge in [-0.25, -0.2) is 4.98 Å². The number of methoxy groups -OCH3 is 1. The first kappa shape index (κ1) is 11.7. The molecule has 1 heterocycles. The quantitative estimate of drug-likeness (QED) is 0.824. The van der Waals surface area contributed by atoms with Crippen molar-refractivity contribution in [2.24, 2.45) is 0 Å². The summed E-state index contributed by atoms with van der Waals surface area (Å²) in [6.07, 6.45) is 2.62. The second-order valence-electron chi connectivity index (χ2n) is 3.87. The molecule has 0 saturated carbocycles. The van der Waals surface area contributed by atoms with E-state index in [0.717, 1.165) is 35.8 Å². The number of aromatic amines is 1. The van der Waals surface area contributed by atoms with Crippen molar-refractivity contribution in [3.63, 3.8) is 0 Å². The summed E-state index contributed by atoms with van der Waals surface area (Å²) in [7, 11) is 3.61. The van der Waals surface area contributed by atoms with Crippen LogP contribution in [0, 0.1) is 0 Å². The Balaban J connectivity index is 2.13. The lowest BCUT2D eigenvalue weighted by atomic mass is 10.1. The van der Waals surface area contributed by atoms with Gasteiger partial charge in [-0.2, -0.15) is 0 Å². The van der Waals surface area contributed by atoms with Gasteiger partial charge in [-0.15, -0.1) is 0 Å². The highest BCUT2D eigenvalue weighted by Gasteiger charge is 2.05. The van der Waals surface area contributed by atoms with Crippen molar-refractivity contribution < 1.29 is 4.74 Å². The molecule has 0 bridgehead atoms. The average Bonchev–Trinajstić information content (AvgIpc) is 2.78. The molecule has 2 N–H and O–H groups in total. The van der Waals surface area contributed by atoms with Gasteiger partial charge >= 0.3 is 0 Å². The summed E-state index contributed by atoms with van der Waals surface area (Å²) < 4.78 is 5.32. The van der Waals surface area contributed by atoms with Crippen LogP contribution < -0.4 is 10.1 Å². The van der Waals surface area contributed by atoms with E-state index in [-0.39, 0.29) is 0 Å². The summed E-state index contributed by atoms with van der Waals surface area (Å²) in [5, 5.41) is 3.09. The average molecular weight is 231 g/mol. The fourth-order valence-corrected chi connectivity index (χ4v) is 1.81. The maximum atomic E-state index is 5.32. The molecule has 0 atom stereocenters. The number of H-pyrrole nitrogens is 1. The molecule has 90 valence electrons. The number of hydrogen-bond donors (Lipinski definition) is 2. The number of nitrogens with one attached hydrogen (secondary N) is 2. The molecule has 0 aliphatic carbocycles. The first-order valence-corrected chi connectivity index (χ1v) is 5.62. The Labute approximate surface area is 101 Å². The lowest BCUT2D eigenvalue weighted by Gasteiger charge is -2.06. The summed E-state index contributed by atoms with van der Waals surface area (Å²) in [6, 6.07) is 8.00. The zero-order valence-corrected chi connectivity index (χ0v) is 10.2. The highest BCUT2D eigenvalue weighted by molar-refractivity contribution is 5.35. The van der Waals surface area contributed by atoms with Gasteiger partial charge in [0.25, 0.3) is 0 Å². The molecule has 0 saturated heterocycles. The molecule has 0 radical (unpaired) electrons. The van der Waals surface area contributed by atoms with Gasteiger partial charge in [-0.1, -0.05) is 18.2 Å². The van der Waals surface area contributed by atoms with Crippen LogP contribution >= 0.6 is 0 Å². The normalized spacial score (nSPS) is 10.5. The Hall–Kier alpha value is -1.81. The molecule has 4 heteroatoms. The third-order valence-electron chi connectivity index (χ3n) is 2.60. The van der Waals surface area contributed by atoms with E-state index in [4.69, 9.17) is 4.74 Å². The molecule has 4 nitrogen and oxygen atoms in total. The summed E-state index contributed by atoms with van der Waals surface area (Å²) in [4.78, 5) is 7.64. The van der Waals surface area contributed by atoms with E-state index in [1.807, 2.05) is 31.4 Å². The predicted molar refractivity (Wildman–Crippen MR) is 67.2 cm³/mol. The number of ether oxygens (including phenoxy) is 1. The molecule has 0 aliphatic heterocycles. The van der Waals surface area contributed by atoms with Gasteiger partial charge < -0.3 is 15.0 Å². The second kappa shape index (κ2) is 5.50. The summed E-state index contributed by atoms with van der Waals surface area (Å²) in [5.74, 6) is 1.86. The highest BCUT2D eigenvalue weighted by Crippen LogP contribution is 2.19. The van der Waals surface area contributed by atoms with E-state index in [1.165, 1.54) is 0 Å². The van der Waals surface area contributed by atoms with Crippen LogP contribution in [0.2, 0.25) is 0 Å². The molecule has 1 aromatic carbocycles. The van der Waals surface area contributed by atoms with Gasteiger partial charge in [0.2, 0.25) is 0 Å². The van der Waals surface area contributed by atoms with Gasteiger partial charge in [0, 0.05) is 30.4 Å². The minimum Gasteiger partial charge on any atom is -0.496 e. The van der Waals surface area contributed by atoms with Crippen molar-refractivity contribution in [3.05, 3.63) is 47.5 Å². The number of imidazole rings is 1. The fourth-order valence-electron chi connectivity index (χ4n) is 1.81. The Morgan fingerprint density at radius 2 is 2.18 bits per heavy atom. The minimum atomic E-state index is 0.758. The molecule has 0 fully saturated rings. The minimum absolute atomic E-state index is 0.758. The summed E-state index contributed by atoms with van der Waals surface area (Å²) in [6.45, 7) is 0.804. The maximum Gasteiger partial charge on any atom is 0.122 e. The van der Waals surface area contributed by atoms with Gasteiger partial charge in [0.1, 0.15) is 11.6 Å². The number of benzene rings is 1. The van der Waals surface area contributed by atoms with Crippen LogP contribution in [0.1, 0.15) is 17.1 Å². The number of aromatic nitrogens is 2. The number of hydrogen-bond acceptors (Lipinski definition) is 3. The predicted octanol–water partition coefficient (Wildman–Crippen LogP) is 1.73. The van der Waals surface area contributed by atoms with Crippen molar-refractivity contribution in [2.75, 3.05) is 14.2 Å². The standard InChI is InChI=1S/C13H17N3O/c1-14-8-11-9-15-13(16-11)7-10-5-3-4-6-12(10)17-2/h3-6,9,14H,7-8H2,1-2H3,(H,15,16). The monoisotopic (exact) mass is 231 g/mol. The topological polar surface area (TPSA) is 49.9 Å². The van der Waals surface area contributed by atoms with Crippen molar-refractivity contribution in [3.8, 4) is 5.75 Å². The largest absolute Gasteiger partial charge is 0.496 e. The van der Waals surface area contributed by atoms with E-state index in [1.54, 1.807) is 7.11 Å². The Bertz CT molecular complexity index is 479. The van der Waals surface area contributed by atoms with Crippen LogP contribution in [0.5, 0.6) is 5.75 Å². The number of rotatable bonds is 5. The first-order chi connectivity index (χ1) is 8.33. The van der Waals surface area contributed by atoms with Gasteiger partial charge in [-0.3, -0.25) is 0 Å². The molecule has 0 amide bonds. The van der Waals surface area contributed by atoms with Crippen LogP contribution in [0.25, 0.3) is 0 Å². The summed E-state index contributed by atoms with van der Waals surface area (Å²) >= 11 is 0. The third-order valence-corrected chi connectivity index (χ3v) is 2.60. The van der Waals surface area contributed by atoms with Crippen molar-refractivity contribution in [2.45, 2.75) is 13.0 Å². The molecule has 0 aliphatic rings. The van der Waals surface area contributed by atoms with E-state index in [9.17, 15) is 0 Å². The third kappa shape index (κ3) is 2.85. The molecule has 0 unspecified atom stereocenters. The van der Waals surface area contributed by atoms with Crippen LogP contribution in [0.3, 0.4) is 0 Å². The van der Waals surface area contributed by atoms with E-state index in [2.05, 4.69) is 21.4 Å². The van der Waals surface area contributed by atoms with Crippen LogP contribution in [0.4, 0.5) is 0 Å². The van der Waals surface area contributed by atoms with E-state index in [0.29, 0.717) is 0 Å². The lowest BCUT2D eigenvalue weighted by Crippen LogP contribution is -2.05. The lowest BCUT2D eigenvalue weighted by molar-refractivity contribution is 0.410. The second-order valence-corrected chi connectivity index (χ2v) is 3.87. The Morgan fingerprint density at radius 1 is 1.35 bits per heavy atom. The molecular formula is C13H17N3O. The Kier molecular flexibility index (Phi) is 3.77. The zero-order valence-electron chi connectivity index (χ0n) is 10.2. The SMILES string of the molecule is CNCc1cnc(Cc2ccccc2OC)[nH]1. The van der Waals surface area contributed by atoms with E-state index >= 15 is 0 Å². The molecule has 1 aromatic heterocycles. The number of nitrogens with zero attached hydrogens (tertiary/aromatic N) is 1. The fraction of sp³-hybridized carbons (Fsp3) is 0.308. The molecule has 17 heavy (non-hydrogen) atoms. The van der Waals surface area contributed by atoms with Crippen molar-refractivity contribution in [1.82, 2.24) is 15.3 Å². The van der Waals surface area contributed by atoms with Crippen molar-refractivity contribution in [1.29, 1.82) is 0 Å². The van der Waals surface area contributed by atoms with Crippen LogP contribution in [0.15, 0.2) is 30.5 Å². The highest BCUT2D eigenvalue weighted by atomic mass is 16.5. The Morgan fingerprint density at radius 3 is 2.94 bits per heavy atom. The van der Waals surface area contributed by atoms with Gasteiger partial charge in [0.05, 0.1) is 7.11 Å². The van der Waals surface area contributed by atoms with Gasteiger partial charge in [-0.05, 0) is 13.1 Å². The van der Waals surface area contributed by atoms with Gasteiger partial charge in [0.15, 0.2) is 0 Å². The molecular weight excluding hydrogens is 214 g/mol. The maximum absolute atomic E-state index is 5.32. The zero-order chi connectivity index (χ0) is 12.1. The first-order valence-electron chi connectivity index (χ1n) is 5.62. The molecule has 2 aromatic rings. The van der Waals surface area contributed by atoms with Crippen LogP contribution in [-0.2, 0) is 13.0 Å². The van der Waals surface area contributed by atoms with Crippen LogP contribution in [-0.4, -0.2) is 24.1 Å². The summed E-state index contributed by atoms with van der Waals surface area (Å²) in [5.41, 5.74) is 2.23. The smallest absolute Gasteiger partial charge is 0.122 e. The van der Waals surface area contributed by atoms with Crippen molar-refractivity contribution >= 4 is 0 Å². The number of para-hydroxylation sites is 1. The molecule has 2 rings (SSSR count). The van der Waals surface area contributed by atoms with E-state index < -0.39 is 0 Å².